The minimum atomic E-state index is 1.33. The summed E-state index contributed by atoms with van der Waals surface area (Å²) in [6.45, 7) is 4.06. The van der Waals surface area contributed by atoms with E-state index in [9.17, 15) is 0 Å². The van der Waals surface area contributed by atoms with E-state index in [4.69, 9.17) is 0 Å². The fourth-order valence-corrected chi connectivity index (χ4v) is 1.97. The Balaban J connectivity index is 1.96. The molecular formula is C8H14N. The average molecular weight is 124 g/mol. The molecule has 1 nitrogen and oxygen atoms in total. The van der Waals surface area contributed by atoms with Crippen LogP contribution < -0.4 is 0 Å². The van der Waals surface area contributed by atoms with Gasteiger partial charge in [-0.1, -0.05) is 0 Å². The predicted molar refractivity (Wildman–Crippen MR) is 38.2 cm³/mol. The first-order valence-electron chi connectivity index (χ1n) is 4.01. The highest BCUT2D eigenvalue weighted by Gasteiger charge is 2.23. The maximum Gasteiger partial charge on any atom is 0.00438 e. The van der Waals surface area contributed by atoms with Gasteiger partial charge in [0.1, 0.15) is 0 Å². The van der Waals surface area contributed by atoms with Crippen LogP contribution in [-0.4, -0.2) is 24.5 Å². The summed E-state index contributed by atoms with van der Waals surface area (Å²) in [7, 11) is 0. The molecule has 0 N–H and O–H groups in total. The van der Waals surface area contributed by atoms with Gasteiger partial charge < -0.3 is 4.90 Å². The lowest BCUT2D eigenvalue weighted by Gasteiger charge is -2.36. The zero-order chi connectivity index (χ0) is 6.10. The van der Waals surface area contributed by atoms with Crippen molar-refractivity contribution in [3.8, 4) is 0 Å². The van der Waals surface area contributed by atoms with Gasteiger partial charge in [-0.25, -0.2) is 0 Å². The Labute approximate surface area is 57.0 Å². The van der Waals surface area contributed by atoms with E-state index in [-0.39, 0.29) is 0 Å². The van der Waals surface area contributed by atoms with Crippen molar-refractivity contribution in [2.24, 2.45) is 0 Å². The van der Waals surface area contributed by atoms with Crippen molar-refractivity contribution < 1.29 is 0 Å². The van der Waals surface area contributed by atoms with Gasteiger partial charge in [-0.15, -0.1) is 0 Å². The third-order valence-electron chi connectivity index (χ3n) is 2.46. The normalized spacial score (nSPS) is 30.7. The summed E-state index contributed by atoms with van der Waals surface area (Å²) in [5.74, 6) is 1.81. The van der Waals surface area contributed by atoms with Crippen LogP contribution in [0.15, 0.2) is 0 Å². The molecule has 0 amide bonds. The SMILES string of the molecule is C1C[C]2CCCN(C1)C2. The number of hydrogen-bond donors (Lipinski definition) is 0. The largest absolute Gasteiger partial charge is 0.303 e. The Kier molecular flexibility index (Phi) is 1.46. The highest BCUT2D eigenvalue weighted by molar-refractivity contribution is 4.99. The molecular weight excluding hydrogens is 110 g/mol. The molecule has 1 heteroatoms. The first-order valence-corrected chi connectivity index (χ1v) is 4.01. The van der Waals surface area contributed by atoms with E-state index in [1.165, 1.54) is 45.3 Å². The van der Waals surface area contributed by atoms with E-state index in [2.05, 4.69) is 4.90 Å². The molecule has 0 spiro atoms. The minimum Gasteiger partial charge on any atom is -0.303 e. The molecule has 0 saturated carbocycles. The van der Waals surface area contributed by atoms with Gasteiger partial charge in [0.25, 0.3) is 0 Å². The van der Waals surface area contributed by atoms with Crippen LogP contribution in [0, 0.1) is 5.92 Å². The summed E-state index contributed by atoms with van der Waals surface area (Å²) < 4.78 is 0. The van der Waals surface area contributed by atoms with Gasteiger partial charge in [-0.05, 0) is 44.7 Å². The summed E-state index contributed by atoms with van der Waals surface area (Å²) in [4.78, 5) is 2.59. The topological polar surface area (TPSA) is 3.24 Å². The molecule has 2 fully saturated rings. The van der Waals surface area contributed by atoms with Gasteiger partial charge in [0, 0.05) is 6.54 Å². The minimum absolute atomic E-state index is 1.33. The summed E-state index contributed by atoms with van der Waals surface area (Å²) in [5.41, 5.74) is 0. The van der Waals surface area contributed by atoms with Crippen molar-refractivity contribution in [3.05, 3.63) is 5.92 Å². The maximum atomic E-state index is 2.59. The second-order valence-corrected chi connectivity index (χ2v) is 3.23. The van der Waals surface area contributed by atoms with E-state index >= 15 is 0 Å². The summed E-state index contributed by atoms with van der Waals surface area (Å²) in [6, 6.07) is 0. The van der Waals surface area contributed by atoms with E-state index < -0.39 is 0 Å². The summed E-state index contributed by atoms with van der Waals surface area (Å²) >= 11 is 0. The molecule has 2 aliphatic heterocycles. The van der Waals surface area contributed by atoms with Crippen LogP contribution in [-0.2, 0) is 0 Å². The van der Waals surface area contributed by atoms with Crippen LogP contribution in [0.3, 0.4) is 0 Å². The summed E-state index contributed by atoms with van der Waals surface area (Å²) in [5, 5.41) is 0. The Morgan fingerprint density at radius 3 is 2.11 bits per heavy atom. The van der Waals surface area contributed by atoms with Gasteiger partial charge in [0.05, 0.1) is 0 Å². The highest BCUT2D eigenvalue weighted by atomic mass is 15.1. The highest BCUT2D eigenvalue weighted by Crippen LogP contribution is 2.27. The smallest absolute Gasteiger partial charge is 0.00438 e. The molecule has 0 aromatic carbocycles. The van der Waals surface area contributed by atoms with Crippen LogP contribution in [0.5, 0.6) is 0 Å². The molecule has 9 heavy (non-hydrogen) atoms. The fraction of sp³-hybridized carbons (Fsp3) is 0.875. The van der Waals surface area contributed by atoms with Crippen molar-refractivity contribution in [3.63, 3.8) is 0 Å². The molecule has 0 atom stereocenters. The molecule has 2 aliphatic rings. The number of fused-ring (bicyclic) bond motifs is 2. The maximum absolute atomic E-state index is 2.59. The van der Waals surface area contributed by atoms with Crippen LogP contribution in [0.25, 0.3) is 0 Å². The van der Waals surface area contributed by atoms with Gasteiger partial charge in [0.15, 0.2) is 0 Å². The van der Waals surface area contributed by atoms with Crippen LogP contribution in [0.2, 0.25) is 0 Å². The zero-order valence-corrected chi connectivity index (χ0v) is 5.90. The van der Waals surface area contributed by atoms with E-state index in [1.54, 1.807) is 0 Å². The van der Waals surface area contributed by atoms with Crippen molar-refractivity contribution >= 4 is 0 Å². The second kappa shape index (κ2) is 2.30. The molecule has 0 unspecified atom stereocenters. The first kappa shape index (κ1) is 5.72. The van der Waals surface area contributed by atoms with E-state index in [0.29, 0.717) is 0 Å². The van der Waals surface area contributed by atoms with Crippen molar-refractivity contribution in [2.45, 2.75) is 25.7 Å². The van der Waals surface area contributed by atoms with Crippen molar-refractivity contribution in [2.75, 3.05) is 19.6 Å². The van der Waals surface area contributed by atoms with E-state index in [0.717, 1.165) is 0 Å². The molecule has 0 aromatic rings. The number of nitrogens with zero attached hydrogens (tertiary/aromatic N) is 1. The Morgan fingerprint density at radius 2 is 1.67 bits per heavy atom. The quantitative estimate of drug-likeness (QED) is 0.472. The van der Waals surface area contributed by atoms with Gasteiger partial charge in [0.2, 0.25) is 0 Å². The lowest BCUT2D eigenvalue weighted by atomic mass is 9.90. The van der Waals surface area contributed by atoms with Crippen molar-refractivity contribution in [1.82, 2.24) is 4.90 Å². The van der Waals surface area contributed by atoms with Crippen LogP contribution >= 0.6 is 0 Å². The van der Waals surface area contributed by atoms with E-state index in [1.807, 2.05) is 5.92 Å². The standard InChI is InChI=1S/C8H14N/c1-3-8-4-2-6-9(5-1)7-8/h1-7H2. The van der Waals surface area contributed by atoms with Crippen molar-refractivity contribution in [1.29, 1.82) is 0 Å². The fourth-order valence-electron chi connectivity index (χ4n) is 1.97. The van der Waals surface area contributed by atoms with Gasteiger partial charge in [-0.2, -0.15) is 0 Å². The molecule has 2 bridgehead atoms. The van der Waals surface area contributed by atoms with Gasteiger partial charge >= 0.3 is 0 Å². The first-order chi connectivity index (χ1) is 4.45. The Bertz CT molecular complexity index is 80.7. The third-order valence-corrected chi connectivity index (χ3v) is 2.46. The molecule has 0 aliphatic carbocycles. The molecule has 2 heterocycles. The lowest BCUT2D eigenvalue weighted by molar-refractivity contribution is 0.202. The summed E-state index contributed by atoms with van der Waals surface area (Å²) in [6.07, 6.45) is 5.71. The van der Waals surface area contributed by atoms with Gasteiger partial charge in [-0.3, -0.25) is 0 Å². The number of hydrogen-bond acceptors (Lipinski definition) is 1. The molecule has 0 aromatic heterocycles. The third kappa shape index (κ3) is 1.11. The second-order valence-electron chi connectivity index (χ2n) is 3.23. The Morgan fingerprint density at radius 1 is 1.00 bits per heavy atom. The number of piperidine rings is 2. The Hall–Kier alpha value is -0.0400. The predicted octanol–water partition coefficient (Wildman–Crippen LogP) is 1.45. The molecule has 51 valence electrons. The average Bonchev–Trinajstić information content (AvgIpc) is 1.88. The molecule has 1 radical (unpaired) electrons. The number of rotatable bonds is 0. The lowest BCUT2D eigenvalue weighted by Crippen LogP contribution is -2.38. The zero-order valence-electron chi connectivity index (χ0n) is 5.90. The molecule has 2 saturated heterocycles. The molecule has 2 rings (SSSR count). The van der Waals surface area contributed by atoms with Crippen LogP contribution in [0.1, 0.15) is 25.7 Å². The monoisotopic (exact) mass is 124 g/mol. The van der Waals surface area contributed by atoms with Crippen LogP contribution in [0.4, 0.5) is 0 Å².